The van der Waals surface area contributed by atoms with Crippen LogP contribution in [0.4, 0.5) is 5.69 Å². The highest BCUT2D eigenvalue weighted by Gasteiger charge is 2.13. The molecule has 3 N–H and O–H groups in total. The molecule has 110 valence electrons. The van der Waals surface area contributed by atoms with Gasteiger partial charge in [-0.05, 0) is 24.6 Å². The van der Waals surface area contributed by atoms with Gasteiger partial charge in [0.1, 0.15) is 4.99 Å². The summed E-state index contributed by atoms with van der Waals surface area (Å²) in [7, 11) is -3.50. The summed E-state index contributed by atoms with van der Waals surface area (Å²) < 4.78 is 26.8. The summed E-state index contributed by atoms with van der Waals surface area (Å²) in [4.78, 5) is 4.33. The fourth-order valence-electron chi connectivity index (χ4n) is 1.78. The predicted molar refractivity (Wildman–Crippen MR) is 87.5 cm³/mol. The molecule has 0 fully saturated rings. The molecule has 0 aliphatic heterocycles. The van der Waals surface area contributed by atoms with E-state index in [2.05, 4.69) is 9.71 Å². The molecule has 0 amide bonds. The van der Waals surface area contributed by atoms with Crippen LogP contribution in [-0.4, -0.2) is 18.4 Å². The van der Waals surface area contributed by atoms with Gasteiger partial charge < -0.3 is 5.73 Å². The van der Waals surface area contributed by atoms with Gasteiger partial charge in [-0.2, -0.15) is 0 Å². The minimum atomic E-state index is -3.50. The lowest BCUT2D eigenvalue weighted by Gasteiger charge is -2.10. The first-order chi connectivity index (χ1) is 9.87. The molecule has 2 aromatic rings. The van der Waals surface area contributed by atoms with Crippen LogP contribution in [0.3, 0.4) is 0 Å². The van der Waals surface area contributed by atoms with Crippen LogP contribution >= 0.6 is 12.2 Å². The van der Waals surface area contributed by atoms with Crippen molar-refractivity contribution in [2.24, 2.45) is 5.73 Å². The molecule has 0 spiro atoms. The normalized spacial score (nSPS) is 11.1. The van der Waals surface area contributed by atoms with Crippen molar-refractivity contribution in [2.45, 2.75) is 12.7 Å². The maximum absolute atomic E-state index is 12.2. The number of thiocarbonyl (C=S) groups is 1. The summed E-state index contributed by atoms with van der Waals surface area (Å²) in [6, 6.07) is 10.2. The van der Waals surface area contributed by atoms with Crippen LogP contribution in [0, 0.1) is 6.92 Å². The molecule has 1 aromatic heterocycles. The Morgan fingerprint density at radius 3 is 2.52 bits per heavy atom. The van der Waals surface area contributed by atoms with Crippen molar-refractivity contribution >= 4 is 32.9 Å². The lowest BCUT2D eigenvalue weighted by atomic mass is 10.1. The second kappa shape index (κ2) is 6.19. The van der Waals surface area contributed by atoms with Crippen LogP contribution in [0.5, 0.6) is 0 Å². The van der Waals surface area contributed by atoms with Gasteiger partial charge in [-0.25, -0.2) is 8.42 Å². The maximum atomic E-state index is 12.2. The average molecular weight is 321 g/mol. The molecule has 7 heteroatoms. The van der Waals surface area contributed by atoms with Crippen molar-refractivity contribution in [3.63, 3.8) is 0 Å². The number of nitrogens with one attached hydrogen (secondary N) is 1. The Kier molecular flexibility index (Phi) is 4.54. The largest absolute Gasteiger partial charge is 0.389 e. The lowest BCUT2D eigenvalue weighted by Crippen LogP contribution is -2.16. The molecule has 0 saturated carbocycles. The van der Waals surface area contributed by atoms with E-state index in [9.17, 15) is 8.42 Å². The van der Waals surface area contributed by atoms with E-state index in [-0.39, 0.29) is 10.7 Å². The van der Waals surface area contributed by atoms with Crippen molar-refractivity contribution in [3.05, 3.63) is 59.4 Å². The number of anilines is 1. The standard InChI is InChI=1S/C14H15N3O2S2/c1-10-13(3-2-8-16-10)17-21(18,19)9-11-4-6-12(7-5-11)14(15)20/h2-8,17H,9H2,1H3,(H2,15,20). The van der Waals surface area contributed by atoms with Crippen molar-refractivity contribution in [2.75, 3.05) is 4.72 Å². The minimum Gasteiger partial charge on any atom is -0.389 e. The molecule has 1 heterocycles. The molecule has 0 saturated heterocycles. The van der Waals surface area contributed by atoms with Crippen molar-refractivity contribution < 1.29 is 8.42 Å². The number of nitrogens with zero attached hydrogens (tertiary/aromatic N) is 1. The summed E-state index contributed by atoms with van der Waals surface area (Å²) in [6.45, 7) is 1.74. The van der Waals surface area contributed by atoms with E-state index in [1.807, 2.05) is 0 Å². The van der Waals surface area contributed by atoms with Crippen LogP contribution in [0.1, 0.15) is 16.8 Å². The number of benzene rings is 1. The summed E-state index contributed by atoms with van der Waals surface area (Å²) in [5.41, 5.74) is 7.98. The Morgan fingerprint density at radius 1 is 1.29 bits per heavy atom. The molecule has 2 rings (SSSR count). The second-order valence-electron chi connectivity index (χ2n) is 4.56. The summed E-state index contributed by atoms with van der Waals surface area (Å²) in [5.74, 6) is -0.126. The van der Waals surface area contributed by atoms with Gasteiger partial charge >= 0.3 is 0 Å². The van der Waals surface area contributed by atoms with Gasteiger partial charge in [0.2, 0.25) is 10.0 Å². The summed E-state index contributed by atoms with van der Waals surface area (Å²) in [6.07, 6.45) is 1.61. The minimum absolute atomic E-state index is 0.126. The maximum Gasteiger partial charge on any atom is 0.236 e. The third-order valence-corrected chi connectivity index (χ3v) is 4.35. The quantitative estimate of drug-likeness (QED) is 0.822. The predicted octanol–water partition coefficient (Wildman–Crippen LogP) is 1.97. The van der Waals surface area contributed by atoms with Gasteiger partial charge in [0, 0.05) is 11.8 Å². The molecule has 0 aliphatic carbocycles. The molecule has 0 atom stereocenters. The van der Waals surface area contributed by atoms with Gasteiger partial charge in [0.05, 0.1) is 17.1 Å². The number of aromatic nitrogens is 1. The van der Waals surface area contributed by atoms with Gasteiger partial charge in [-0.1, -0.05) is 36.5 Å². The van der Waals surface area contributed by atoms with E-state index >= 15 is 0 Å². The first kappa shape index (κ1) is 15.4. The molecule has 0 aliphatic rings. The molecule has 0 bridgehead atoms. The Labute approximate surface area is 129 Å². The van der Waals surface area contributed by atoms with Crippen molar-refractivity contribution in [1.82, 2.24) is 4.98 Å². The lowest BCUT2D eigenvalue weighted by molar-refractivity contribution is 0.600. The highest BCUT2D eigenvalue weighted by Crippen LogP contribution is 2.15. The smallest absolute Gasteiger partial charge is 0.236 e. The number of sulfonamides is 1. The van der Waals surface area contributed by atoms with E-state index in [0.717, 1.165) is 0 Å². The number of pyridine rings is 1. The first-order valence-electron chi connectivity index (χ1n) is 6.18. The van der Waals surface area contributed by atoms with Gasteiger partial charge in [0.25, 0.3) is 0 Å². The van der Waals surface area contributed by atoms with E-state index in [1.165, 1.54) is 0 Å². The van der Waals surface area contributed by atoms with Crippen LogP contribution in [-0.2, 0) is 15.8 Å². The zero-order valence-corrected chi connectivity index (χ0v) is 13.0. The van der Waals surface area contributed by atoms with Crippen molar-refractivity contribution in [3.8, 4) is 0 Å². The number of nitrogens with two attached hydrogens (primary N) is 1. The zero-order valence-electron chi connectivity index (χ0n) is 11.4. The number of aryl methyl sites for hydroxylation is 1. The fourth-order valence-corrected chi connectivity index (χ4v) is 3.17. The van der Waals surface area contributed by atoms with Gasteiger partial charge in [0.15, 0.2) is 0 Å². The number of hydrogen-bond donors (Lipinski definition) is 2. The second-order valence-corrected chi connectivity index (χ2v) is 6.72. The number of rotatable bonds is 5. The van der Waals surface area contributed by atoms with E-state index in [0.29, 0.717) is 22.5 Å². The van der Waals surface area contributed by atoms with Crippen LogP contribution in [0.15, 0.2) is 42.6 Å². The number of hydrogen-bond acceptors (Lipinski definition) is 4. The Bertz CT molecular complexity index is 756. The van der Waals surface area contributed by atoms with Crippen LogP contribution in [0.2, 0.25) is 0 Å². The molecule has 21 heavy (non-hydrogen) atoms. The molecular formula is C14H15N3O2S2. The molecule has 5 nitrogen and oxygen atoms in total. The topological polar surface area (TPSA) is 85.1 Å². The highest BCUT2D eigenvalue weighted by atomic mass is 32.2. The first-order valence-corrected chi connectivity index (χ1v) is 8.24. The highest BCUT2D eigenvalue weighted by molar-refractivity contribution is 7.91. The zero-order chi connectivity index (χ0) is 15.5. The SMILES string of the molecule is Cc1ncccc1NS(=O)(=O)Cc1ccc(C(N)=S)cc1. The van der Waals surface area contributed by atoms with Crippen molar-refractivity contribution in [1.29, 1.82) is 0 Å². The molecule has 0 radical (unpaired) electrons. The monoisotopic (exact) mass is 321 g/mol. The van der Waals surface area contributed by atoms with Gasteiger partial charge in [-0.3, -0.25) is 9.71 Å². The van der Waals surface area contributed by atoms with E-state index < -0.39 is 10.0 Å². The molecule has 1 aromatic carbocycles. The third kappa shape index (κ3) is 4.24. The van der Waals surface area contributed by atoms with Gasteiger partial charge in [-0.15, -0.1) is 0 Å². The van der Waals surface area contributed by atoms with E-state index in [1.54, 1.807) is 49.5 Å². The van der Waals surface area contributed by atoms with Crippen LogP contribution < -0.4 is 10.5 Å². The molecule has 0 unspecified atom stereocenters. The third-order valence-electron chi connectivity index (χ3n) is 2.87. The summed E-state index contributed by atoms with van der Waals surface area (Å²) >= 11 is 4.86. The molecular weight excluding hydrogens is 306 g/mol. The average Bonchev–Trinajstić information content (AvgIpc) is 2.41. The Hall–Kier alpha value is -1.99. The fraction of sp³-hybridized carbons (Fsp3) is 0.143. The Morgan fingerprint density at radius 2 is 1.95 bits per heavy atom. The Balaban J connectivity index is 2.14. The summed E-state index contributed by atoms with van der Waals surface area (Å²) in [5, 5.41) is 0. The van der Waals surface area contributed by atoms with Crippen LogP contribution in [0.25, 0.3) is 0 Å². The van der Waals surface area contributed by atoms with E-state index in [4.69, 9.17) is 18.0 Å².